The van der Waals surface area contributed by atoms with Crippen molar-refractivity contribution in [3.8, 4) is 0 Å². The van der Waals surface area contributed by atoms with Gasteiger partial charge in [-0.25, -0.2) is 0 Å². The molecule has 6 heteroatoms. The largest absolute Gasteiger partial charge is 0.462 e. The van der Waals surface area contributed by atoms with Gasteiger partial charge in [-0.2, -0.15) is 0 Å². The summed E-state index contributed by atoms with van der Waals surface area (Å²) in [4.78, 5) is 37.6. The molecular formula is C48H82O6. The maximum absolute atomic E-state index is 12.7. The molecule has 0 aromatic rings. The van der Waals surface area contributed by atoms with Crippen LogP contribution in [0.3, 0.4) is 0 Å². The second-order valence-corrected chi connectivity index (χ2v) is 14.6. The first-order valence-electron chi connectivity index (χ1n) is 22.3. The van der Waals surface area contributed by atoms with E-state index in [4.69, 9.17) is 14.2 Å². The van der Waals surface area contributed by atoms with Gasteiger partial charge in [-0.15, -0.1) is 0 Å². The Labute approximate surface area is 332 Å². The van der Waals surface area contributed by atoms with E-state index in [0.29, 0.717) is 12.8 Å². The minimum Gasteiger partial charge on any atom is -0.462 e. The van der Waals surface area contributed by atoms with E-state index in [9.17, 15) is 14.4 Å². The first-order chi connectivity index (χ1) is 26.5. The molecule has 310 valence electrons. The third-order valence-electron chi connectivity index (χ3n) is 9.32. The van der Waals surface area contributed by atoms with Gasteiger partial charge in [-0.3, -0.25) is 14.4 Å². The van der Waals surface area contributed by atoms with Crippen molar-refractivity contribution in [1.82, 2.24) is 0 Å². The maximum Gasteiger partial charge on any atom is 0.309 e. The van der Waals surface area contributed by atoms with E-state index in [0.717, 1.165) is 70.6 Å². The third kappa shape index (κ3) is 40.3. The smallest absolute Gasteiger partial charge is 0.309 e. The Hall–Kier alpha value is -2.89. The van der Waals surface area contributed by atoms with Gasteiger partial charge in [0, 0.05) is 12.8 Å². The zero-order valence-electron chi connectivity index (χ0n) is 35.2. The highest BCUT2D eigenvalue weighted by Crippen LogP contribution is 2.14. The molecule has 0 saturated carbocycles. The molecule has 0 aliphatic carbocycles. The van der Waals surface area contributed by atoms with Gasteiger partial charge in [-0.05, 0) is 44.9 Å². The number of rotatable bonds is 39. The summed E-state index contributed by atoms with van der Waals surface area (Å²) in [5, 5.41) is 0. The van der Waals surface area contributed by atoms with E-state index in [1.54, 1.807) is 6.08 Å². The van der Waals surface area contributed by atoms with Crippen LogP contribution in [0.2, 0.25) is 0 Å². The Bertz CT molecular complexity index is 1010. The number of carbonyl (C=O) groups is 3. The van der Waals surface area contributed by atoms with Crippen LogP contribution in [0.25, 0.3) is 0 Å². The summed E-state index contributed by atoms with van der Waals surface area (Å²) in [5.41, 5.74) is 0. The molecule has 0 aromatic carbocycles. The lowest BCUT2D eigenvalue weighted by Gasteiger charge is -2.18. The van der Waals surface area contributed by atoms with Crippen LogP contribution >= 0.6 is 0 Å². The fourth-order valence-electron chi connectivity index (χ4n) is 5.98. The summed E-state index contributed by atoms with van der Waals surface area (Å²) < 4.78 is 16.6. The first-order valence-corrected chi connectivity index (χ1v) is 22.3. The number of ether oxygens (including phenoxy) is 3. The lowest BCUT2D eigenvalue weighted by atomic mass is 10.1. The lowest BCUT2D eigenvalue weighted by molar-refractivity contribution is -0.166. The van der Waals surface area contributed by atoms with E-state index in [1.807, 2.05) is 6.08 Å². The van der Waals surface area contributed by atoms with Gasteiger partial charge in [-0.1, -0.05) is 204 Å². The molecular weight excluding hydrogens is 673 g/mol. The van der Waals surface area contributed by atoms with Gasteiger partial charge in [0.15, 0.2) is 6.10 Å². The van der Waals surface area contributed by atoms with Crippen molar-refractivity contribution < 1.29 is 28.6 Å². The maximum atomic E-state index is 12.7. The van der Waals surface area contributed by atoms with Crippen molar-refractivity contribution in [3.63, 3.8) is 0 Å². The molecule has 54 heavy (non-hydrogen) atoms. The van der Waals surface area contributed by atoms with Crippen molar-refractivity contribution in [2.24, 2.45) is 0 Å². The van der Waals surface area contributed by atoms with Gasteiger partial charge in [0.25, 0.3) is 0 Å². The van der Waals surface area contributed by atoms with Crippen LogP contribution in [0.5, 0.6) is 0 Å². The molecule has 1 unspecified atom stereocenters. The van der Waals surface area contributed by atoms with Crippen LogP contribution in [-0.4, -0.2) is 37.2 Å². The highest BCUT2D eigenvalue weighted by molar-refractivity contribution is 5.72. The minimum absolute atomic E-state index is 0.102. The molecule has 0 bridgehead atoms. The molecule has 0 aliphatic rings. The first kappa shape index (κ1) is 51.1. The van der Waals surface area contributed by atoms with Crippen molar-refractivity contribution in [3.05, 3.63) is 60.8 Å². The van der Waals surface area contributed by atoms with Crippen molar-refractivity contribution in [1.29, 1.82) is 0 Å². The summed E-state index contributed by atoms with van der Waals surface area (Å²) in [7, 11) is 0. The fraction of sp³-hybridized carbons (Fsp3) is 0.729. The standard InChI is InChI=1S/C48H82O6/c1-4-7-10-13-16-19-22-23-24-25-27-29-32-35-38-41-47(50)53-44-45(43-52-46(49)40-37-34-31-28-21-18-15-12-9-6-3)54-48(51)42-39-36-33-30-26-20-17-14-11-8-5-2/h7,10,16,19,23-24,27,29,35,38,45H,4-6,8-9,11-15,17-18,20-22,25-26,28,30-34,36-37,39-44H2,1-3H3/b10-7-,19-16-,24-23-,29-27-,38-35-. The summed E-state index contributed by atoms with van der Waals surface area (Å²) in [6, 6.07) is 0. The van der Waals surface area contributed by atoms with Crippen LogP contribution in [0, 0.1) is 0 Å². The Morgan fingerprint density at radius 2 is 0.722 bits per heavy atom. The monoisotopic (exact) mass is 755 g/mol. The zero-order valence-corrected chi connectivity index (χ0v) is 35.2. The van der Waals surface area contributed by atoms with Crippen molar-refractivity contribution in [2.45, 2.75) is 213 Å². The SMILES string of the molecule is CC/C=C\C/C=C\C/C=C\C/C=C\C/C=C\CC(=O)OCC(COC(=O)CCCCCCCCCCCC)OC(=O)CCCCCCCCCCCCC. The normalized spacial score (nSPS) is 12.6. The van der Waals surface area contributed by atoms with Gasteiger partial charge in [0.2, 0.25) is 0 Å². The Morgan fingerprint density at radius 3 is 1.13 bits per heavy atom. The number of hydrogen-bond donors (Lipinski definition) is 0. The van der Waals surface area contributed by atoms with E-state index < -0.39 is 12.1 Å². The lowest BCUT2D eigenvalue weighted by Crippen LogP contribution is -2.30. The predicted molar refractivity (Wildman–Crippen MR) is 228 cm³/mol. The molecule has 0 fully saturated rings. The average molecular weight is 755 g/mol. The van der Waals surface area contributed by atoms with Gasteiger partial charge < -0.3 is 14.2 Å². The fourth-order valence-corrected chi connectivity index (χ4v) is 5.98. The van der Waals surface area contributed by atoms with E-state index in [-0.39, 0.29) is 31.6 Å². The van der Waals surface area contributed by atoms with Gasteiger partial charge >= 0.3 is 17.9 Å². The highest BCUT2D eigenvalue weighted by atomic mass is 16.6. The third-order valence-corrected chi connectivity index (χ3v) is 9.32. The summed E-state index contributed by atoms with van der Waals surface area (Å²) in [6.45, 7) is 6.40. The molecule has 0 rings (SSSR count). The van der Waals surface area contributed by atoms with E-state index in [2.05, 4.69) is 69.4 Å². The number of carbonyl (C=O) groups excluding carboxylic acids is 3. The van der Waals surface area contributed by atoms with Gasteiger partial charge in [0.05, 0.1) is 6.42 Å². The van der Waals surface area contributed by atoms with Crippen molar-refractivity contribution in [2.75, 3.05) is 13.2 Å². The summed E-state index contributed by atoms with van der Waals surface area (Å²) in [6.07, 6.45) is 50.8. The van der Waals surface area contributed by atoms with Crippen molar-refractivity contribution >= 4 is 17.9 Å². The van der Waals surface area contributed by atoms with E-state index >= 15 is 0 Å². The molecule has 6 nitrogen and oxygen atoms in total. The number of unbranched alkanes of at least 4 members (excludes halogenated alkanes) is 19. The molecule has 0 heterocycles. The summed E-state index contributed by atoms with van der Waals surface area (Å²) >= 11 is 0. The van der Waals surface area contributed by atoms with Crippen LogP contribution in [0.1, 0.15) is 207 Å². The minimum atomic E-state index is -0.806. The van der Waals surface area contributed by atoms with Crippen LogP contribution in [0.4, 0.5) is 0 Å². The van der Waals surface area contributed by atoms with Crippen LogP contribution < -0.4 is 0 Å². The molecule has 0 radical (unpaired) electrons. The van der Waals surface area contributed by atoms with E-state index in [1.165, 1.54) is 96.3 Å². The number of esters is 3. The van der Waals surface area contributed by atoms with Crippen LogP contribution in [-0.2, 0) is 28.6 Å². The number of allylic oxidation sites excluding steroid dienone is 9. The summed E-state index contributed by atoms with van der Waals surface area (Å²) in [5.74, 6) is -1.04. The topological polar surface area (TPSA) is 78.9 Å². The quantitative estimate of drug-likeness (QED) is 0.0269. The highest BCUT2D eigenvalue weighted by Gasteiger charge is 2.19. The molecule has 0 aliphatic heterocycles. The average Bonchev–Trinajstić information content (AvgIpc) is 3.17. The molecule has 1 atom stereocenters. The Kier molecular flexibility index (Phi) is 40.6. The number of hydrogen-bond acceptors (Lipinski definition) is 6. The second kappa shape index (κ2) is 42.8. The zero-order chi connectivity index (χ0) is 39.4. The molecule has 0 amide bonds. The second-order valence-electron chi connectivity index (χ2n) is 14.6. The molecule has 0 saturated heterocycles. The predicted octanol–water partition coefficient (Wildman–Crippen LogP) is 14.1. The molecule has 0 N–H and O–H groups in total. The van der Waals surface area contributed by atoms with Crippen LogP contribution in [0.15, 0.2) is 60.8 Å². The Balaban J connectivity index is 4.50. The van der Waals surface area contributed by atoms with Gasteiger partial charge in [0.1, 0.15) is 13.2 Å². The Morgan fingerprint density at radius 1 is 0.389 bits per heavy atom. The molecule has 0 aromatic heterocycles. The molecule has 0 spiro atoms.